The van der Waals surface area contributed by atoms with Crippen LogP contribution in [0.25, 0.3) is 0 Å². The second kappa shape index (κ2) is 34.4. The summed E-state index contributed by atoms with van der Waals surface area (Å²) in [5, 5.41) is 0. The van der Waals surface area contributed by atoms with Crippen LogP contribution in [0.1, 0.15) is 128 Å². The SMILES string of the molecule is CC.CC.CC.CC.COC(=O)C1C(COC=O)C(c2ccc(N(C)C)cc2)C1c1ccc(N(C)C(=O)CC(C)=O)cc1.COC(=O)C1C(c2ccc(N(C)C)cc2)C(C(=O)OC)C1c1ccc(N(C)C(=O)CC(C)=O)cc1. The molecule has 0 bridgehead atoms. The first kappa shape index (κ1) is 68.7. The standard InChI is InChI=1S/2C27H32N2O6.4C2H6/c1-16(30)15-21(31)29(4)20-13-9-18(10-14-20)23-24(26(32)34-5)22(25(23)27(33)35-6)17-7-11-19(12-8-17)28(2)3;1-17(31)14-23(32)29(4)21-12-8-19(9-13-21)25-24(18-6-10-20(11-7-18)28(2)3)22(15-35-16-30)26(25)27(33)34-5;4*1-2/h7-14,22-25H,15H2,1-6H3;6-13,16,22,24-26H,14-15H2,1-5H3;4*1-2H3. The number of anilines is 4. The van der Waals surface area contributed by atoms with Crippen LogP contribution in [0.15, 0.2) is 97.1 Å². The first-order valence-corrected chi connectivity index (χ1v) is 26.8. The van der Waals surface area contributed by atoms with E-state index in [9.17, 15) is 38.4 Å². The highest BCUT2D eigenvalue weighted by molar-refractivity contribution is 6.05. The number of rotatable bonds is 18. The van der Waals surface area contributed by atoms with Crippen molar-refractivity contribution in [1.29, 1.82) is 0 Å². The summed E-state index contributed by atoms with van der Waals surface area (Å²) in [5.41, 5.74) is 6.92. The van der Waals surface area contributed by atoms with Crippen LogP contribution >= 0.6 is 0 Å². The first-order chi connectivity index (χ1) is 37.3. The van der Waals surface area contributed by atoms with Gasteiger partial charge in [0.15, 0.2) is 0 Å². The Labute approximate surface area is 464 Å². The molecule has 6 atom stereocenters. The molecule has 0 saturated heterocycles. The van der Waals surface area contributed by atoms with Crippen LogP contribution in [0.2, 0.25) is 0 Å². The molecular weight excluding hydrogens is 993 g/mol. The van der Waals surface area contributed by atoms with Crippen LogP contribution in [0.4, 0.5) is 22.7 Å². The summed E-state index contributed by atoms with van der Waals surface area (Å²) in [5.74, 6) is -5.10. The highest BCUT2D eigenvalue weighted by atomic mass is 16.5. The van der Waals surface area contributed by atoms with E-state index in [1.165, 1.54) is 45.0 Å². The molecule has 2 aliphatic rings. The number of Topliss-reactive ketones (excluding diaryl/α,β-unsaturated/α-hetero) is 2. The van der Waals surface area contributed by atoms with Gasteiger partial charge in [-0.3, -0.25) is 38.4 Å². The van der Waals surface area contributed by atoms with E-state index in [1.807, 2.05) is 166 Å². The van der Waals surface area contributed by atoms with Crippen molar-refractivity contribution in [2.75, 3.05) is 89.8 Å². The minimum absolute atomic E-state index is 0.0711. The van der Waals surface area contributed by atoms with Gasteiger partial charge in [0, 0.05) is 88.7 Å². The minimum Gasteiger partial charge on any atom is -0.469 e. The normalized spacial score (nSPS) is 19.0. The van der Waals surface area contributed by atoms with Crippen molar-refractivity contribution < 1.29 is 57.3 Å². The zero-order chi connectivity index (χ0) is 59.6. The molecule has 0 spiro atoms. The number of benzene rings is 4. The van der Waals surface area contributed by atoms with Crippen molar-refractivity contribution in [2.24, 2.45) is 23.7 Å². The van der Waals surface area contributed by atoms with Gasteiger partial charge in [0.25, 0.3) is 6.47 Å². The van der Waals surface area contributed by atoms with Crippen LogP contribution in [-0.2, 0) is 57.3 Å². The Balaban J connectivity index is 0.000000692. The third-order valence-corrected chi connectivity index (χ3v) is 13.5. The topological polar surface area (TPSA) is 186 Å². The molecule has 6 unspecified atom stereocenters. The van der Waals surface area contributed by atoms with E-state index < -0.39 is 41.5 Å². The first-order valence-electron chi connectivity index (χ1n) is 26.8. The van der Waals surface area contributed by atoms with Gasteiger partial charge in [-0.2, -0.15) is 0 Å². The van der Waals surface area contributed by atoms with Crippen molar-refractivity contribution in [1.82, 2.24) is 0 Å². The molecule has 4 aromatic carbocycles. The second-order valence-electron chi connectivity index (χ2n) is 18.2. The van der Waals surface area contributed by atoms with E-state index in [2.05, 4.69) is 0 Å². The third kappa shape index (κ3) is 17.3. The Bertz CT molecular complexity index is 2490. The summed E-state index contributed by atoms with van der Waals surface area (Å²) in [6.07, 6.45) is -0.335. The summed E-state index contributed by atoms with van der Waals surface area (Å²) in [6.45, 7) is 19.3. The van der Waals surface area contributed by atoms with Gasteiger partial charge in [0.2, 0.25) is 11.8 Å². The molecule has 428 valence electrons. The van der Waals surface area contributed by atoms with Crippen molar-refractivity contribution in [2.45, 2.75) is 106 Å². The summed E-state index contributed by atoms with van der Waals surface area (Å²) in [4.78, 5) is 103. The molecule has 0 radical (unpaired) electrons. The second-order valence-corrected chi connectivity index (χ2v) is 18.2. The fraction of sp³-hybridized carbons (Fsp3) is 0.484. The lowest BCUT2D eigenvalue weighted by Crippen LogP contribution is -2.51. The number of carbonyl (C=O) groups is 8. The van der Waals surface area contributed by atoms with E-state index in [4.69, 9.17) is 18.9 Å². The molecule has 0 aromatic heterocycles. The van der Waals surface area contributed by atoms with Crippen molar-refractivity contribution in [3.63, 3.8) is 0 Å². The molecule has 0 aliphatic heterocycles. The van der Waals surface area contributed by atoms with Gasteiger partial charge in [-0.25, -0.2) is 0 Å². The highest BCUT2D eigenvalue weighted by Gasteiger charge is 2.59. The highest BCUT2D eigenvalue weighted by Crippen LogP contribution is 2.60. The van der Waals surface area contributed by atoms with E-state index in [0.717, 1.165) is 33.6 Å². The van der Waals surface area contributed by atoms with Gasteiger partial charge in [-0.05, 0) is 90.6 Å². The molecule has 2 fully saturated rings. The Morgan fingerprint density at radius 1 is 0.410 bits per heavy atom. The maximum absolute atomic E-state index is 12.9. The zero-order valence-electron chi connectivity index (χ0n) is 49.7. The van der Waals surface area contributed by atoms with Crippen molar-refractivity contribution in [3.05, 3.63) is 119 Å². The number of nitrogens with zero attached hydrogens (tertiary/aromatic N) is 4. The molecule has 2 saturated carbocycles. The predicted molar refractivity (Wildman–Crippen MR) is 310 cm³/mol. The zero-order valence-corrected chi connectivity index (χ0v) is 49.7. The molecule has 4 aromatic rings. The lowest BCUT2D eigenvalue weighted by atomic mass is 9.52. The minimum atomic E-state index is -0.572. The average Bonchev–Trinajstić information content (AvgIpc) is 3.60. The van der Waals surface area contributed by atoms with Crippen LogP contribution in [0.5, 0.6) is 0 Å². The molecule has 2 amide bonds. The average molecular weight is 1080 g/mol. The molecule has 2 aliphatic carbocycles. The maximum atomic E-state index is 12.9. The van der Waals surface area contributed by atoms with E-state index in [1.54, 1.807) is 38.4 Å². The molecule has 16 heteroatoms. The smallest absolute Gasteiger partial charge is 0.309 e. The molecule has 78 heavy (non-hydrogen) atoms. The van der Waals surface area contributed by atoms with Crippen LogP contribution in [0.3, 0.4) is 0 Å². The van der Waals surface area contributed by atoms with Gasteiger partial charge in [0.1, 0.15) is 11.6 Å². The van der Waals surface area contributed by atoms with Crippen molar-refractivity contribution in [3.8, 4) is 0 Å². The Morgan fingerprint density at radius 3 is 0.949 bits per heavy atom. The van der Waals surface area contributed by atoms with Crippen molar-refractivity contribution >= 4 is 70.5 Å². The molecular formula is C62H88N4O12. The van der Waals surface area contributed by atoms with Crippen LogP contribution in [-0.4, -0.2) is 118 Å². The molecule has 0 N–H and O–H groups in total. The number of ketones is 2. The monoisotopic (exact) mass is 1080 g/mol. The lowest BCUT2D eigenvalue weighted by Gasteiger charge is -2.50. The third-order valence-electron chi connectivity index (χ3n) is 13.5. The predicted octanol–water partition coefficient (Wildman–Crippen LogP) is 10.4. The van der Waals surface area contributed by atoms with Gasteiger partial charge >= 0.3 is 17.9 Å². The summed E-state index contributed by atoms with van der Waals surface area (Å²) < 4.78 is 20.5. The van der Waals surface area contributed by atoms with Crippen LogP contribution in [0, 0.1) is 23.7 Å². The van der Waals surface area contributed by atoms with Gasteiger partial charge in [-0.1, -0.05) is 104 Å². The lowest BCUT2D eigenvalue weighted by molar-refractivity contribution is -0.164. The van der Waals surface area contributed by atoms with Crippen LogP contribution < -0.4 is 19.6 Å². The summed E-state index contributed by atoms with van der Waals surface area (Å²) in [6, 6.07) is 30.4. The number of hydrogen-bond donors (Lipinski definition) is 0. The quantitative estimate of drug-likeness (QED) is 0.0396. The molecule has 0 heterocycles. The van der Waals surface area contributed by atoms with Gasteiger partial charge < -0.3 is 38.5 Å². The number of methoxy groups -OCH3 is 3. The van der Waals surface area contributed by atoms with Gasteiger partial charge in [0.05, 0.1) is 58.5 Å². The van der Waals surface area contributed by atoms with Gasteiger partial charge in [-0.15, -0.1) is 0 Å². The largest absolute Gasteiger partial charge is 0.469 e. The Hall–Kier alpha value is -7.36. The number of esters is 3. The number of amides is 2. The fourth-order valence-corrected chi connectivity index (χ4v) is 9.74. The van der Waals surface area contributed by atoms with E-state index in [0.29, 0.717) is 17.8 Å². The summed E-state index contributed by atoms with van der Waals surface area (Å²) >= 11 is 0. The number of hydrogen-bond acceptors (Lipinski definition) is 14. The Morgan fingerprint density at radius 2 is 0.679 bits per heavy atom. The maximum Gasteiger partial charge on any atom is 0.309 e. The van der Waals surface area contributed by atoms with E-state index >= 15 is 0 Å². The van der Waals surface area contributed by atoms with E-state index in [-0.39, 0.29) is 66.6 Å². The molecule has 6 rings (SSSR count). The number of carbonyl (C=O) groups excluding carboxylic acids is 8. The molecule has 16 nitrogen and oxygen atoms in total. The number of ether oxygens (including phenoxy) is 4. The summed E-state index contributed by atoms with van der Waals surface area (Å²) in [7, 11) is 15.1. The fourth-order valence-electron chi connectivity index (χ4n) is 9.74. The Kier molecular flexibility index (Phi) is 30.3.